The molecule has 1 N–H and O–H groups in total. The van der Waals surface area contributed by atoms with Crippen molar-refractivity contribution >= 4 is 11.6 Å². The highest BCUT2D eigenvalue weighted by Crippen LogP contribution is 2.17. The second-order valence-electron chi connectivity index (χ2n) is 5.81. The third-order valence-electron chi connectivity index (χ3n) is 4.26. The van der Waals surface area contributed by atoms with Crippen LogP contribution in [0.2, 0.25) is 0 Å². The molecule has 1 aromatic rings. The van der Waals surface area contributed by atoms with Crippen LogP contribution in [0, 0.1) is 5.82 Å². The van der Waals surface area contributed by atoms with Crippen molar-refractivity contribution in [3.05, 3.63) is 30.1 Å². The SMILES string of the molecule is COCCCNC(=O)C(C)N1CCN(c2ccc(F)cc2)CC1. The van der Waals surface area contributed by atoms with Gasteiger partial charge in [0.15, 0.2) is 0 Å². The highest BCUT2D eigenvalue weighted by atomic mass is 19.1. The first-order chi connectivity index (χ1) is 11.1. The summed E-state index contributed by atoms with van der Waals surface area (Å²) in [5.74, 6) is -0.150. The van der Waals surface area contributed by atoms with Crippen molar-refractivity contribution in [2.45, 2.75) is 19.4 Å². The van der Waals surface area contributed by atoms with Gasteiger partial charge in [0.25, 0.3) is 0 Å². The van der Waals surface area contributed by atoms with E-state index in [1.54, 1.807) is 19.2 Å². The van der Waals surface area contributed by atoms with Crippen molar-refractivity contribution in [3.8, 4) is 0 Å². The first-order valence-corrected chi connectivity index (χ1v) is 8.13. The van der Waals surface area contributed by atoms with Crippen LogP contribution >= 0.6 is 0 Å². The Bertz CT molecular complexity index is 487. The van der Waals surface area contributed by atoms with Gasteiger partial charge < -0.3 is 15.0 Å². The van der Waals surface area contributed by atoms with Gasteiger partial charge in [0.05, 0.1) is 6.04 Å². The topological polar surface area (TPSA) is 44.8 Å². The molecule has 1 heterocycles. The largest absolute Gasteiger partial charge is 0.385 e. The quantitative estimate of drug-likeness (QED) is 0.772. The Morgan fingerprint density at radius 2 is 1.91 bits per heavy atom. The van der Waals surface area contributed by atoms with Gasteiger partial charge in [0, 0.05) is 52.1 Å². The van der Waals surface area contributed by atoms with Gasteiger partial charge in [0.1, 0.15) is 5.82 Å². The van der Waals surface area contributed by atoms with Gasteiger partial charge in [0.2, 0.25) is 5.91 Å². The molecule has 0 aliphatic carbocycles. The number of benzene rings is 1. The average molecular weight is 323 g/mol. The van der Waals surface area contributed by atoms with Gasteiger partial charge in [-0.05, 0) is 37.6 Å². The Morgan fingerprint density at radius 3 is 2.52 bits per heavy atom. The lowest BCUT2D eigenvalue weighted by Gasteiger charge is -2.38. The molecule has 6 heteroatoms. The van der Waals surface area contributed by atoms with E-state index in [1.807, 2.05) is 6.92 Å². The lowest BCUT2D eigenvalue weighted by atomic mass is 10.2. The molecule has 23 heavy (non-hydrogen) atoms. The molecule has 1 aliphatic heterocycles. The highest BCUT2D eigenvalue weighted by molar-refractivity contribution is 5.81. The van der Waals surface area contributed by atoms with E-state index >= 15 is 0 Å². The predicted octanol–water partition coefficient (Wildman–Crippen LogP) is 1.49. The zero-order valence-corrected chi connectivity index (χ0v) is 13.9. The Labute approximate surface area is 137 Å². The molecule has 1 atom stereocenters. The first kappa shape index (κ1) is 17.7. The number of rotatable bonds is 7. The Morgan fingerprint density at radius 1 is 1.26 bits per heavy atom. The zero-order valence-electron chi connectivity index (χ0n) is 13.9. The fourth-order valence-electron chi connectivity index (χ4n) is 2.76. The number of halogens is 1. The molecule has 0 spiro atoms. The number of anilines is 1. The molecule has 1 amide bonds. The van der Waals surface area contributed by atoms with Crippen LogP contribution in [0.25, 0.3) is 0 Å². The lowest BCUT2D eigenvalue weighted by molar-refractivity contribution is -0.126. The lowest BCUT2D eigenvalue weighted by Crippen LogP contribution is -2.54. The number of amides is 1. The van der Waals surface area contributed by atoms with E-state index in [9.17, 15) is 9.18 Å². The first-order valence-electron chi connectivity index (χ1n) is 8.13. The van der Waals surface area contributed by atoms with Gasteiger partial charge in [-0.3, -0.25) is 9.69 Å². The minimum absolute atomic E-state index is 0.0661. The van der Waals surface area contributed by atoms with Crippen LogP contribution in [-0.4, -0.2) is 63.3 Å². The second kappa shape index (κ2) is 8.84. The van der Waals surface area contributed by atoms with Crippen LogP contribution in [-0.2, 0) is 9.53 Å². The number of carbonyl (C=O) groups is 1. The molecule has 128 valence electrons. The molecular weight excluding hydrogens is 297 g/mol. The second-order valence-corrected chi connectivity index (χ2v) is 5.81. The molecule has 1 unspecified atom stereocenters. The van der Waals surface area contributed by atoms with Gasteiger partial charge in [-0.2, -0.15) is 0 Å². The molecule has 0 radical (unpaired) electrons. The van der Waals surface area contributed by atoms with E-state index in [0.717, 1.165) is 38.3 Å². The summed E-state index contributed by atoms with van der Waals surface area (Å²) in [4.78, 5) is 16.6. The molecule has 0 aromatic heterocycles. The number of piperazine rings is 1. The number of carbonyl (C=O) groups excluding carboxylic acids is 1. The highest BCUT2D eigenvalue weighted by Gasteiger charge is 2.25. The molecule has 1 aromatic carbocycles. The van der Waals surface area contributed by atoms with Crippen molar-refractivity contribution < 1.29 is 13.9 Å². The van der Waals surface area contributed by atoms with E-state index < -0.39 is 0 Å². The van der Waals surface area contributed by atoms with Gasteiger partial charge >= 0.3 is 0 Å². The number of ether oxygens (including phenoxy) is 1. The summed E-state index contributed by atoms with van der Waals surface area (Å²) in [6, 6.07) is 6.44. The molecule has 1 saturated heterocycles. The Balaban J connectivity index is 1.76. The van der Waals surface area contributed by atoms with Crippen LogP contribution in [0.15, 0.2) is 24.3 Å². The van der Waals surface area contributed by atoms with E-state index in [0.29, 0.717) is 13.2 Å². The monoisotopic (exact) mass is 323 g/mol. The number of nitrogens with zero attached hydrogens (tertiary/aromatic N) is 2. The molecule has 0 bridgehead atoms. The minimum atomic E-state index is -0.217. The summed E-state index contributed by atoms with van der Waals surface area (Å²) in [5.41, 5.74) is 1.03. The fourth-order valence-corrected chi connectivity index (χ4v) is 2.76. The smallest absolute Gasteiger partial charge is 0.237 e. The fraction of sp³-hybridized carbons (Fsp3) is 0.588. The molecule has 5 nitrogen and oxygen atoms in total. The maximum Gasteiger partial charge on any atom is 0.237 e. The molecule has 0 saturated carbocycles. The number of methoxy groups -OCH3 is 1. The maximum atomic E-state index is 13.0. The van der Waals surface area contributed by atoms with E-state index in [1.165, 1.54) is 12.1 Å². The Hall–Kier alpha value is -1.66. The Kier molecular flexibility index (Phi) is 6.80. The van der Waals surface area contributed by atoms with Gasteiger partial charge in [-0.1, -0.05) is 0 Å². The van der Waals surface area contributed by atoms with E-state index in [-0.39, 0.29) is 17.8 Å². The number of hydrogen-bond acceptors (Lipinski definition) is 4. The number of hydrogen-bond donors (Lipinski definition) is 1. The molecule has 1 aliphatic rings. The van der Waals surface area contributed by atoms with Crippen molar-refractivity contribution in [1.29, 1.82) is 0 Å². The molecule has 2 rings (SSSR count). The van der Waals surface area contributed by atoms with Crippen LogP contribution < -0.4 is 10.2 Å². The van der Waals surface area contributed by atoms with Crippen molar-refractivity contribution in [2.75, 3.05) is 51.3 Å². The normalized spacial score (nSPS) is 17.1. The van der Waals surface area contributed by atoms with Crippen LogP contribution in [0.4, 0.5) is 10.1 Å². The standard InChI is InChI=1S/C17H26FN3O2/c1-14(17(22)19-8-3-13-23-2)20-9-11-21(12-10-20)16-6-4-15(18)5-7-16/h4-7,14H,3,8-13H2,1-2H3,(H,19,22). The predicted molar refractivity (Wildman–Crippen MR) is 89.2 cm³/mol. The van der Waals surface area contributed by atoms with Crippen molar-refractivity contribution in [3.63, 3.8) is 0 Å². The summed E-state index contributed by atoms with van der Waals surface area (Å²) in [6.45, 7) is 6.57. The minimum Gasteiger partial charge on any atom is -0.385 e. The van der Waals surface area contributed by atoms with Gasteiger partial charge in [-0.15, -0.1) is 0 Å². The summed E-state index contributed by atoms with van der Waals surface area (Å²) in [5, 5.41) is 2.95. The maximum absolute atomic E-state index is 13.0. The van der Waals surface area contributed by atoms with E-state index in [4.69, 9.17) is 4.74 Å². The third kappa shape index (κ3) is 5.18. The zero-order chi connectivity index (χ0) is 16.7. The number of nitrogens with one attached hydrogen (secondary N) is 1. The van der Waals surface area contributed by atoms with Crippen molar-refractivity contribution in [1.82, 2.24) is 10.2 Å². The summed E-state index contributed by atoms with van der Waals surface area (Å²) < 4.78 is 18.0. The summed E-state index contributed by atoms with van der Waals surface area (Å²) in [7, 11) is 1.66. The van der Waals surface area contributed by atoms with Crippen molar-refractivity contribution in [2.24, 2.45) is 0 Å². The van der Waals surface area contributed by atoms with Crippen LogP contribution in [0.3, 0.4) is 0 Å². The van der Waals surface area contributed by atoms with Crippen LogP contribution in [0.5, 0.6) is 0 Å². The van der Waals surface area contributed by atoms with Gasteiger partial charge in [-0.25, -0.2) is 4.39 Å². The summed E-state index contributed by atoms with van der Waals surface area (Å²) >= 11 is 0. The van der Waals surface area contributed by atoms with E-state index in [2.05, 4.69) is 15.1 Å². The molecular formula is C17H26FN3O2. The third-order valence-corrected chi connectivity index (χ3v) is 4.26. The van der Waals surface area contributed by atoms with Crippen LogP contribution in [0.1, 0.15) is 13.3 Å². The average Bonchev–Trinajstić information content (AvgIpc) is 2.59. The summed E-state index contributed by atoms with van der Waals surface area (Å²) in [6.07, 6.45) is 0.827. The molecule has 1 fully saturated rings.